The maximum atomic E-state index is 12.9. The molecule has 8 nitrogen and oxygen atoms in total. The lowest BCUT2D eigenvalue weighted by molar-refractivity contribution is -0.117. The predicted octanol–water partition coefficient (Wildman–Crippen LogP) is 3.08. The van der Waals surface area contributed by atoms with E-state index in [4.69, 9.17) is 4.42 Å². The lowest BCUT2D eigenvalue weighted by Gasteiger charge is -2.18. The van der Waals surface area contributed by atoms with Crippen molar-refractivity contribution in [2.75, 3.05) is 5.75 Å². The van der Waals surface area contributed by atoms with Crippen LogP contribution in [0, 0.1) is 0 Å². The van der Waals surface area contributed by atoms with Crippen LogP contribution in [0.25, 0.3) is 10.9 Å². The van der Waals surface area contributed by atoms with Crippen molar-refractivity contribution in [2.45, 2.75) is 38.0 Å². The number of thioether (sulfide) groups is 1. The van der Waals surface area contributed by atoms with Crippen molar-refractivity contribution in [1.29, 1.82) is 0 Å². The second-order valence-corrected chi connectivity index (χ2v) is 7.39. The van der Waals surface area contributed by atoms with Crippen LogP contribution >= 0.6 is 11.8 Å². The summed E-state index contributed by atoms with van der Waals surface area (Å²) in [5.74, 6) is 0.0556. The Hall–Kier alpha value is -3.07. The van der Waals surface area contributed by atoms with Gasteiger partial charge in [-0.1, -0.05) is 30.8 Å². The zero-order chi connectivity index (χ0) is 20.8. The summed E-state index contributed by atoms with van der Waals surface area (Å²) >= 11 is 1.13. The van der Waals surface area contributed by atoms with Crippen molar-refractivity contribution in [3.8, 4) is 0 Å². The van der Waals surface area contributed by atoms with E-state index in [1.807, 2.05) is 19.9 Å². The first-order valence-electron chi connectivity index (χ1n) is 9.23. The van der Waals surface area contributed by atoms with E-state index in [-0.39, 0.29) is 23.9 Å². The summed E-state index contributed by atoms with van der Waals surface area (Å²) in [6.45, 7) is 4.10. The molecule has 1 atom stereocenters. The van der Waals surface area contributed by atoms with Crippen LogP contribution in [0.3, 0.4) is 0 Å². The van der Waals surface area contributed by atoms with Gasteiger partial charge in [0.15, 0.2) is 5.16 Å². The molecule has 0 bridgehead atoms. The van der Waals surface area contributed by atoms with Crippen LogP contribution in [0.4, 0.5) is 4.79 Å². The number of imide groups is 1. The minimum atomic E-state index is -0.613. The lowest BCUT2D eigenvalue weighted by Crippen LogP contribution is -2.40. The molecular formula is C20H22N4O4S. The van der Waals surface area contributed by atoms with Crippen LogP contribution in [-0.2, 0) is 11.3 Å². The number of carbonyl (C=O) groups is 2. The Balaban J connectivity index is 1.68. The highest BCUT2D eigenvalue weighted by Gasteiger charge is 2.17. The fourth-order valence-corrected chi connectivity index (χ4v) is 3.61. The summed E-state index contributed by atoms with van der Waals surface area (Å²) in [4.78, 5) is 41.5. The van der Waals surface area contributed by atoms with E-state index in [1.54, 1.807) is 34.9 Å². The molecule has 2 heterocycles. The van der Waals surface area contributed by atoms with E-state index in [0.717, 1.165) is 18.2 Å². The van der Waals surface area contributed by atoms with Crippen molar-refractivity contribution >= 4 is 34.6 Å². The standard InChI is InChI=1S/C20H22N4O4S/c1-3-13(2)24-18(26)15-8-4-5-9-16(15)22-20(24)29-12-17(25)23-19(27)21-11-14-7-6-10-28-14/h4-10,13H,3,11-12H2,1-2H3,(H2,21,23,25,27)/t13-/m0/s1. The third-order valence-corrected chi connectivity index (χ3v) is 5.35. The second kappa shape index (κ2) is 9.42. The SMILES string of the molecule is CC[C@H](C)n1c(SCC(=O)NC(=O)NCc2ccco2)nc2ccccc2c1=O. The van der Waals surface area contributed by atoms with E-state index < -0.39 is 11.9 Å². The molecule has 3 rings (SSSR count). The Morgan fingerprint density at radius 2 is 2.03 bits per heavy atom. The Bertz CT molecular complexity index is 1060. The third-order valence-electron chi connectivity index (χ3n) is 4.40. The second-order valence-electron chi connectivity index (χ2n) is 6.44. The molecule has 0 unspecified atom stereocenters. The highest BCUT2D eigenvalue weighted by atomic mass is 32.2. The topological polar surface area (TPSA) is 106 Å². The number of benzene rings is 1. The van der Waals surface area contributed by atoms with Gasteiger partial charge < -0.3 is 9.73 Å². The molecule has 2 aromatic heterocycles. The first kappa shape index (κ1) is 20.7. The summed E-state index contributed by atoms with van der Waals surface area (Å²) in [6.07, 6.45) is 2.25. The number of fused-ring (bicyclic) bond motifs is 1. The minimum Gasteiger partial charge on any atom is -0.467 e. The third kappa shape index (κ3) is 5.05. The zero-order valence-corrected chi connectivity index (χ0v) is 17.0. The maximum absolute atomic E-state index is 12.9. The molecular weight excluding hydrogens is 392 g/mol. The van der Waals surface area contributed by atoms with Gasteiger partial charge in [0.05, 0.1) is 29.5 Å². The van der Waals surface area contributed by atoms with Crippen molar-refractivity contribution < 1.29 is 14.0 Å². The Morgan fingerprint density at radius 3 is 2.76 bits per heavy atom. The average molecular weight is 414 g/mol. The molecule has 152 valence electrons. The Kier molecular flexibility index (Phi) is 6.71. The molecule has 0 aliphatic rings. The lowest BCUT2D eigenvalue weighted by atomic mass is 10.2. The van der Waals surface area contributed by atoms with Gasteiger partial charge in [-0.2, -0.15) is 0 Å². The minimum absolute atomic E-state index is 0.0462. The van der Waals surface area contributed by atoms with Crippen molar-refractivity contribution in [2.24, 2.45) is 0 Å². The number of aromatic nitrogens is 2. The van der Waals surface area contributed by atoms with E-state index in [1.165, 1.54) is 6.26 Å². The van der Waals surface area contributed by atoms with Crippen LogP contribution in [-0.4, -0.2) is 27.2 Å². The van der Waals surface area contributed by atoms with Gasteiger partial charge in [-0.25, -0.2) is 9.78 Å². The molecule has 0 aliphatic carbocycles. The molecule has 0 saturated heterocycles. The van der Waals surface area contributed by atoms with E-state index in [0.29, 0.717) is 21.8 Å². The fraction of sp³-hybridized carbons (Fsp3) is 0.300. The Labute approximate surface area is 171 Å². The van der Waals surface area contributed by atoms with Crippen molar-refractivity contribution in [3.05, 3.63) is 58.8 Å². The summed E-state index contributed by atoms with van der Waals surface area (Å²) in [5, 5.41) is 5.80. The number of hydrogen-bond donors (Lipinski definition) is 2. The maximum Gasteiger partial charge on any atom is 0.321 e. The molecule has 1 aromatic carbocycles. The normalized spacial score (nSPS) is 11.9. The molecule has 0 saturated carbocycles. The van der Waals surface area contributed by atoms with E-state index in [2.05, 4.69) is 15.6 Å². The van der Waals surface area contributed by atoms with Gasteiger partial charge in [-0.15, -0.1) is 0 Å². The quantitative estimate of drug-likeness (QED) is 0.455. The Morgan fingerprint density at radius 1 is 1.24 bits per heavy atom. The van der Waals surface area contributed by atoms with Gasteiger partial charge in [0.25, 0.3) is 5.56 Å². The van der Waals surface area contributed by atoms with Crippen LogP contribution in [0.1, 0.15) is 32.1 Å². The van der Waals surface area contributed by atoms with Gasteiger partial charge in [-0.05, 0) is 37.6 Å². The first-order chi connectivity index (χ1) is 14.0. The summed E-state index contributed by atoms with van der Waals surface area (Å²) < 4.78 is 6.72. The summed E-state index contributed by atoms with van der Waals surface area (Å²) in [6, 6.07) is 9.87. The predicted molar refractivity (Wildman–Crippen MR) is 111 cm³/mol. The van der Waals surface area contributed by atoms with Gasteiger partial charge in [0.1, 0.15) is 5.76 Å². The first-order valence-corrected chi connectivity index (χ1v) is 10.2. The monoisotopic (exact) mass is 414 g/mol. The molecule has 29 heavy (non-hydrogen) atoms. The molecule has 9 heteroatoms. The van der Waals surface area contributed by atoms with Crippen molar-refractivity contribution in [3.63, 3.8) is 0 Å². The number of nitrogens with zero attached hydrogens (tertiary/aromatic N) is 2. The highest BCUT2D eigenvalue weighted by Crippen LogP contribution is 2.22. The molecule has 0 aliphatic heterocycles. The van der Waals surface area contributed by atoms with Gasteiger partial charge in [0, 0.05) is 6.04 Å². The van der Waals surface area contributed by atoms with Crippen LogP contribution in [0.2, 0.25) is 0 Å². The number of amides is 3. The van der Waals surface area contributed by atoms with Crippen LogP contribution < -0.4 is 16.2 Å². The zero-order valence-electron chi connectivity index (χ0n) is 16.2. The van der Waals surface area contributed by atoms with Gasteiger partial charge >= 0.3 is 6.03 Å². The molecule has 2 N–H and O–H groups in total. The number of rotatable bonds is 7. The number of hydrogen-bond acceptors (Lipinski definition) is 6. The van der Waals surface area contributed by atoms with Crippen LogP contribution in [0.5, 0.6) is 0 Å². The molecule has 3 amide bonds. The number of urea groups is 1. The fourth-order valence-electron chi connectivity index (χ4n) is 2.72. The van der Waals surface area contributed by atoms with Crippen molar-refractivity contribution in [1.82, 2.24) is 20.2 Å². The molecule has 3 aromatic rings. The van der Waals surface area contributed by atoms with E-state index in [9.17, 15) is 14.4 Å². The van der Waals surface area contributed by atoms with Gasteiger partial charge in [-0.3, -0.25) is 19.5 Å². The molecule has 0 spiro atoms. The largest absolute Gasteiger partial charge is 0.467 e. The van der Waals surface area contributed by atoms with Crippen LogP contribution in [0.15, 0.2) is 57.0 Å². The molecule has 0 radical (unpaired) electrons. The smallest absolute Gasteiger partial charge is 0.321 e. The van der Waals surface area contributed by atoms with E-state index >= 15 is 0 Å². The van der Waals surface area contributed by atoms with Gasteiger partial charge in [0.2, 0.25) is 5.91 Å². The highest BCUT2D eigenvalue weighted by molar-refractivity contribution is 7.99. The average Bonchev–Trinajstić information content (AvgIpc) is 3.24. The number of para-hydroxylation sites is 1. The summed E-state index contributed by atoms with van der Waals surface area (Å²) in [5.41, 5.74) is 0.445. The number of furan rings is 1. The number of carbonyl (C=O) groups excluding carboxylic acids is 2. The summed E-state index contributed by atoms with van der Waals surface area (Å²) in [7, 11) is 0. The number of nitrogens with one attached hydrogen (secondary N) is 2. The molecule has 0 fully saturated rings.